The van der Waals surface area contributed by atoms with Gasteiger partial charge < -0.3 is 5.32 Å². The molecule has 0 fully saturated rings. The van der Waals surface area contributed by atoms with Crippen LogP contribution < -0.4 is 5.32 Å². The molecule has 0 atom stereocenters. The van der Waals surface area contributed by atoms with E-state index in [1.165, 1.54) is 0 Å². The van der Waals surface area contributed by atoms with E-state index in [2.05, 4.69) is 15.4 Å². The van der Waals surface area contributed by atoms with Crippen LogP contribution in [-0.2, 0) is 13.1 Å². The van der Waals surface area contributed by atoms with Gasteiger partial charge in [-0.05, 0) is 25.1 Å². The van der Waals surface area contributed by atoms with E-state index in [0.717, 1.165) is 19.5 Å². The van der Waals surface area contributed by atoms with Crippen LogP contribution in [0.25, 0.3) is 11.4 Å². The molecule has 0 spiro atoms. The molecule has 0 aliphatic carbocycles. The highest BCUT2D eigenvalue weighted by molar-refractivity contribution is 5.85. The highest BCUT2D eigenvalue weighted by Crippen LogP contribution is 2.23. The zero-order valence-electron chi connectivity index (χ0n) is 10.2. The Morgan fingerprint density at radius 3 is 2.84 bits per heavy atom. The summed E-state index contributed by atoms with van der Waals surface area (Å²) < 4.78 is 16.0. The van der Waals surface area contributed by atoms with Crippen LogP contribution in [0.15, 0.2) is 24.4 Å². The lowest BCUT2D eigenvalue weighted by Gasteiger charge is -1.98. The van der Waals surface area contributed by atoms with Crippen LogP contribution in [-0.4, -0.2) is 21.3 Å². The fourth-order valence-corrected chi connectivity index (χ4v) is 2.06. The molecule has 0 bridgehead atoms. The molecule has 2 aromatic rings. The predicted molar refractivity (Wildman–Crippen MR) is 76.2 cm³/mol. The second kappa shape index (κ2) is 6.84. The molecule has 3 rings (SSSR count). The van der Waals surface area contributed by atoms with Gasteiger partial charge in [-0.1, -0.05) is 6.07 Å². The monoisotopic (exact) mass is 304 g/mol. The molecule has 1 aliphatic heterocycles. The lowest BCUT2D eigenvalue weighted by molar-refractivity contribution is 0.572. The summed E-state index contributed by atoms with van der Waals surface area (Å²) >= 11 is 0. The largest absolute Gasteiger partial charge is 0.311 e. The number of aryl methyl sites for hydroxylation is 1. The molecule has 0 amide bonds. The van der Waals surface area contributed by atoms with Crippen molar-refractivity contribution in [3.63, 3.8) is 0 Å². The molecule has 4 nitrogen and oxygen atoms in total. The summed E-state index contributed by atoms with van der Waals surface area (Å²) in [5.41, 5.74) is 1.57. The summed E-state index contributed by atoms with van der Waals surface area (Å²) in [5.74, 6) is -0.252. The van der Waals surface area contributed by atoms with Crippen LogP contribution in [0, 0.1) is 5.82 Å². The van der Waals surface area contributed by atoms with Crippen molar-refractivity contribution in [3.05, 3.63) is 35.9 Å². The number of hydrogen-bond donors (Lipinski definition) is 1. The number of aromatic nitrogens is 3. The van der Waals surface area contributed by atoms with Crippen LogP contribution in [0.2, 0.25) is 0 Å². The van der Waals surface area contributed by atoms with Gasteiger partial charge in [0, 0.05) is 19.3 Å². The molecule has 0 saturated carbocycles. The van der Waals surface area contributed by atoms with Gasteiger partial charge >= 0.3 is 0 Å². The maximum atomic E-state index is 14.2. The minimum Gasteiger partial charge on any atom is -0.311 e. The van der Waals surface area contributed by atoms with Gasteiger partial charge in [-0.25, -0.2) is 4.39 Å². The standard InChI is InChI=1S/C12H13FN4.2ClH/c13-11-10-8-14-5-3-7-17(10)16-12(11)9-4-1-2-6-15-9;;/h1-2,4,6,14H,3,5,7-8H2;2*1H. The fraction of sp³-hybridized carbons (Fsp3) is 0.333. The van der Waals surface area contributed by atoms with E-state index in [1.54, 1.807) is 16.9 Å². The molecule has 3 heterocycles. The first-order valence-electron chi connectivity index (χ1n) is 5.73. The van der Waals surface area contributed by atoms with Gasteiger partial charge in [0.05, 0.1) is 11.4 Å². The summed E-state index contributed by atoms with van der Waals surface area (Å²) in [5, 5.41) is 7.51. The molecule has 0 saturated heterocycles. The van der Waals surface area contributed by atoms with Crippen molar-refractivity contribution in [2.24, 2.45) is 0 Å². The normalized spacial score (nSPS) is 13.7. The lowest BCUT2D eigenvalue weighted by atomic mass is 10.2. The topological polar surface area (TPSA) is 42.7 Å². The number of fused-ring (bicyclic) bond motifs is 1. The van der Waals surface area contributed by atoms with E-state index in [4.69, 9.17) is 0 Å². The minimum absolute atomic E-state index is 0. The van der Waals surface area contributed by atoms with Crippen molar-refractivity contribution in [1.29, 1.82) is 0 Å². The average Bonchev–Trinajstić information content (AvgIpc) is 2.56. The smallest absolute Gasteiger partial charge is 0.175 e. The first kappa shape index (κ1) is 15.9. The fourth-order valence-electron chi connectivity index (χ4n) is 2.06. The third-order valence-corrected chi connectivity index (χ3v) is 2.92. The Hall–Kier alpha value is -1.17. The third kappa shape index (κ3) is 3.05. The third-order valence-electron chi connectivity index (χ3n) is 2.92. The molecule has 0 unspecified atom stereocenters. The molecule has 104 valence electrons. The maximum absolute atomic E-state index is 14.2. The SMILES string of the molecule is Cl.Cl.Fc1c(-c2ccccn2)nn2c1CNCCC2. The van der Waals surface area contributed by atoms with E-state index < -0.39 is 0 Å². The number of rotatable bonds is 1. The van der Waals surface area contributed by atoms with Crippen LogP contribution in [0.5, 0.6) is 0 Å². The Morgan fingerprint density at radius 1 is 1.26 bits per heavy atom. The Bertz CT molecular complexity index is 530. The maximum Gasteiger partial charge on any atom is 0.175 e. The number of nitrogens with zero attached hydrogens (tertiary/aromatic N) is 3. The van der Waals surface area contributed by atoms with Crippen LogP contribution in [0.4, 0.5) is 4.39 Å². The Kier molecular flexibility index (Phi) is 5.72. The van der Waals surface area contributed by atoms with E-state index in [1.807, 2.05) is 12.1 Å². The number of halogens is 3. The van der Waals surface area contributed by atoms with Gasteiger partial charge in [0.15, 0.2) is 5.82 Å². The van der Waals surface area contributed by atoms with Gasteiger partial charge in [0.1, 0.15) is 5.69 Å². The zero-order valence-corrected chi connectivity index (χ0v) is 11.8. The molecule has 1 N–H and O–H groups in total. The number of pyridine rings is 1. The molecule has 7 heteroatoms. The van der Waals surface area contributed by atoms with Crippen LogP contribution >= 0.6 is 24.8 Å². The van der Waals surface area contributed by atoms with Gasteiger partial charge in [-0.3, -0.25) is 9.67 Å². The first-order valence-corrected chi connectivity index (χ1v) is 5.73. The van der Waals surface area contributed by atoms with Gasteiger partial charge in [0.2, 0.25) is 0 Å². The zero-order chi connectivity index (χ0) is 11.7. The summed E-state index contributed by atoms with van der Waals surface area (Å²) in [7, 11) is 0. The molecule has 1 aliphatic rings. The van der Waals surface area contributed by atoms with Gasteiger partial charge in [-0.15, -0.1) is 24.8 Å². The van der Waals surface area contributed by atoms with Crippen molar-refractivity contribution >= 4 is 24.8 Å². The van der Waals surface area contributed by atoms with Gasteiger partial charge in [0.25, 0.3) is 0 Å². The van der Waals surface area contributed by atoms with Crippen molar-refractivity contribution in [2.45, 2.75) is 19.5 Å². The summed E-state index contributed by atoms with van der Waals surface area (Å²) in [6, 6.07) is 5.42. The van der Waals surface area contributed by atoms with Crippen LogP contribution in [0.3, 0.4) is 0 Å². The van der Waals surface area contributed by atoms with E-state index in [0.29, 0.717) is 23.6 Å². The highest BCUT2D eigenvalue weighted by atomic mass is 35.5. The first-order chi connectivity index (χ1) is 8.36. The second-order valence-corrected chi connectivity index (χ2v) is 4.08. The second-order valence-electron chi connectivity index (χ2n) is 4.08. The number of hydrogen-bond acceptors (Lipinski definition) is 3. The van der Waals surface area contributed by atoms with E-state index in [9.17, 15) is 4.39 Å². The summed E-state index contributed by atoms with van der Waals surface area (Å²) in [6.45, 7) is 2.19. The van der Waals surface area contributed by atoms with Crippen molar-refractivity contribution in [2.75, 3.05) is 6.54 Å². The molecular weight excluding hydrogens is 290 g/mol. The predicted octanol–water partition coefficient (Wildman–Crippen LogP) is 2.42. The summed E-state index contributed by atoms with van der Waals surface area (Å²) in [4.78, 5) is 4.14. The van der Waals surface area contributed by atoms with Crippen LogP contribution in [0.1, 0.15) is 12.1 Å². The molecule has 0 radical (unpaired) electrons. The Balaban J connectivity index is 0.000000902. The molecule has 19 heavy (non-hydrogen) atoms. The van der Waals surface area contributed by atoms with E-state index >= 15 is 0 Å². The van der Waals surface area contributed by atoms with E-state index in [-0.39, 0.29) is 30.6 Å². The molecular formula is C12H15Cl2FN4. The lowest BCUT2D eigenvalue weighted by Crippen LogP contribution is -2.13. The summed E-state index contributed by atoms with van der Waals surface area (Å²) in [6.07, 6.45) is 2.62. The average molecular weight is 305 g/mol. The van der Waals surface area contributed by atoms with Gasteiger partial charge in [-0.2, -0.15) is 5.10 Å². The Morgan fingerprint density at radius 2 is 2.11 bits per heavy atom. The minimum atomic E-state index is -0.252. The molecule has 2 aromatic heterocycles. The quantitative estimate of drug-likeness (QED) is 0.880. The van der Waals surface area contributed by atoms with Crippen molar-refractivity contribution < 1.29 is 4.39 Å². The van der Waals surface area contributed by atoms with Crippen molar-refractivity contribution in [1.82, 2.24) is 20.1 Å². The Labute approximate surface area is 123 Å². The highest BCUT2D eigenvalue weighted by Gasteiger charge is 2.20. The number of nitrogens with one attached hydrogen (secondary N) is 1. The molecule has 0 aromatic carbocycles. The van der Waals surface area contributed by atoms with Crippen molar-refractivity contribution in [3.8, 4) is 11.4 Å².